The first-order chi connectivity index (χ1) is 12.3. The Hall–Kier alpha value is -3.06. The van der Waals surface area contributed by atoms with Crippen LogP contribution in [0.5, 0.6) is 0 Å². The molecule has 0 atom stereocenters. The molecule has 1 aliphatic rings. The van der Waals surface area contributed by atoms with Crippen LogP contribution in [0.1, 0.15) is 30.4 Å². The molecule has 0 radical (unpaired) electrons. The fraction of sp³-hybridized carbons (Fsp3) is 0.238. The maximum absolute atomic E-state index is 12.3. The lowest BCUT2D eigenvalue weighted by molar-refractivity contribution is -0.111. The molecular weight excluding hydrogens is 310 g/mol. The minimum Gasteiger partial charge on any atom is -0.370 e. The van der Waals surface area contributed by atoms with Crippen LogP contribution in [0.25, 0.3) is 6.08 Å². The second-order valence-corrected chi connectivity index (χ2v) is 6.12. The van der Waals surface area contributed by atoms with Crippen molar-refractivity contribution in [3.63, 3.8) is 0 Å². The van der Waals surface area contributed by atoms with E-state index in [-0.39, 0.29) is 5.91 Å². The van der Waals surface area contributed by atoms with E-state index in [1.165, 1.54) is 25.3 Å². The Morgan fingerprint density at radius 1 is 1.04 bits per heavy atom. The minimum atomic E-state index is -0.159. The Balaban J connectivity index is 1.68. The van der Waals surface area contributed by atoms with E-state index in [1.54, 1.807) is 18.2 Å². The molecule has 0 saturated carbocycles. The van der Waals surface area contributed by atoms with Gasteiger partial charge < -0.3 is 10.2 Å². The van der Waals surface area contributed by atoms with Gasteiger partial charge in [-0.1, -0.05) is 24.3 Å². The zero-order valence-electron chi connectivity index (χ0n) is 14.1. The molecule has 0 aromatic heterocycles. The number of anilines is 2. The molecule has 25 heavy (non-hydrogen) atoms. The van der Waals surface area contributed by atoms with Gasteiger partial charge in [-0.3, -0.25) is 4.79 Å². The van der Waals surface area contributed by atoms with E-state index >= 15 is 0 Å². The molecule has 0 spiro atoms. The zero-order chi connectivity index (χ0) is 17.5. The number of piperidine rings is 1. The van der Waals surface area contributed by atoms with Crippen molar-refractivity contribution >= 4 is 23.4 Å². The molecule has 1 heterocycles. The third-order valence-electron chi connectivity index (χ3n) is 4.33. The molecule has 0 bridgehead atoms. The lowest BCUT2D eigenvalue weighted by Crippen LogP contribution is -2.30. The summed E-state index contributed by atoms with van der Waals surface area (Å²) in [4.78, 5) is 14.6. The number of rotatable bonds is 4. The van der Waals surface area contributed by atoms with E-state index in [9.17, 15) is 4.79 Å². The second kappa shape index (κ2) is 8.16. The van der Waals surface area contributed by atoms with Gasteiger partial charge >= 0.3 is 0 Å². The van der Waals surface area contributed by atoms with Crippen LogP contribution >= 0.6 is 0 Å². The van der Waals surface area contributed by atoms with Crippen LogP contribution in [-0.2, 0) is 4.79 Å². The summed E-state index contributed by atoms with van der Waals surface area (Å²) in [5.74, 6) is -0.159. The number of hydrogen-bond donors (Lipinski definition) is 1. The first-order valence-corrected chi connectivity index (χ1v) is 8.59. The number of carbonyl (C=O) groups excluding carboxylic acids is 1. The monoisotopic (exact) mass is 331 g/mol. The van der Waals surface area contributed by atoms with Gasteiger partial charge in [0, 0.05) is 19.2 Å². The van der Waals surface area contributed by atoms with Crippen LogP contribution in [0.4, 0.5) is 11.4 Å². The van der Waals surface area contributed by atoms with Gasteiger partial charge in [-0.15, -0.1) is 0 Å². The summed E-state index contributed by atoms with van der Waals surface area (Å²) in [5, 5.41) is 11.8. The lowest BCUT2D eigenvalue weighted by atomic mass is 10.1. The quantitative estimate of drug-likeness (QED) is 0.854. The predicted octanol–water partition coefficient (Wildman–Crippen LogP) is 4.20. The SMILES string of the molecule is N#Cc1ccc(C=CC(=O)Nc2ccccc2N2CCCCC2)cc1. The summed E-state index contributed by atoms with van der Waals surface area (Å²) >= 11 is 0. The van der Waals surface area contributed by atoms with Crippen molar-refractivity contribution in [2.45, 2.75) is 19.3 Å². The first kappa shape index (κ1) is 16.8. The largest absolute Gasteiger partial charge is 0.370 e. The molecule has 126 valence electrons. The van der Waals surface area contributed by atoms with E-state index in [1.807, 2.05) is 30.3 Å². The number of amides is 1. The summed E-state index contributed by atoms with van der Waals surface area (Å²) < 4.78 is 0. The molecule has 2 aromatic rings. The summed E-state index contributed by atoms with van der Waals surface area (Å²) in [6, 6.07) is 17.2. The number of nitriles is 1. The van der Waals surface area contributed by atoms with Crippen molar-refractivity contribution < 1.29 is 4.79 Å². The van der Waals surface area contributed by atoms with Gasteiger partial charge in [-0.2, -0.15) is 5.26 Å². The van der Waals surface area contributed by atoms with E-state index in [4.69, 9.17) is 5.26 Å². The summed E-state index contributed by atoms with van der Waals surface area (Å²) in [7, 11) is 0. The standard InChI is InChI=1S/C21H21N3O/c22-16-18-10-8-17(9-11-18)12-13-21(25)23-19-6-2-3-7-20(19)24-14-4-1-5-15-24/h2-3,6-13H,1,4-5,14-15H2,(H,23,25). The topological polar surface area (TPSA) is 56.1 Å². The van der Waals surface area contributed by atoms with Gasteiger partial charge in [0.15, 0.2) is 0 Å². The van der Waals surface area contributed by atoms with E-state index in [0.29, 0.717) is 5.56 Å². The highest BCUT2D eigenvalue weighted by atomic mass is 16.1. The van der Waals surface area contributed by atoms with E-state index in [2.05, 4.69) is 22.4 Å². The Bertz CT molecular complexity index is 797. The summed E-state index contributed by atoms with van der Waals surface area (Å²) in [6.07, 6.45) is 6.94. The Kier molecular flexibility index (Phi) is 5.48. The molecule has 1 aliphatic heterocycles. The third kappa shape index (κ3) is 4.48. The van der Waals surface area contributed by atoms with Crippen molar-refractivity contribution in [1.82, 2.24) is 0 Å². The number of nitrogens with one attached hydrogen (secondary N) is 1. The predicted molar refractivity (Wildman–Crippen MR) is 101 cm³/mol. The number of para-hydroxylation sites is 2. The molecule has 1 amide bonds. The molecule has 3 rings (SSSR count). The minimum absolute atomic E-state index is 0.159. The number of carbonyl (C=O) groups is 1. The van der Waals surface area contributed by atoms with Crippen molar-refractivity contribution in [3.8, 4) is 6.07 Å². The van der Waals surface area contributed by atoms with Gasteiger partial charge in [0.1, 0.15) is 0 Å². The smallest absolute Gasteiger partial charge is 0.248 e. The molecule has 2 aromatic carbocycles. The molecule has 1 N–H and O–H groups in total. The van der Waals surface area contributed by atoms with Gasteiger partial charge in [-0.25, -0.2) is 0 Å². The van der Waals surface area contributed by atoms with Gasteiger partial charge in [0.25, 0.3) is 0 Å². The van der Waals surface area contributed by atoms with Gasteiger partial charge in [0.05, 0.1) is 23.0 Å². The highest BCUT2D eigenvalue weighted by molar-refractivity contribution is 6.03. The first-order valence-electron chi connectivity index (χ1n) is 8.59. The van der Waals surface area contributed by atoms with Crippen LogP contribution in [0.15, 0.2) is 54.6 Å². The molecule has 0 aliphatic carbocycles. The van der Waals surface area contributed by atoms with Gasteiger partial charge in [0.2, 0.25) is 5.91 Å². The van der Waals surface area contributed by atoms with Crippen LogP contribution in [0, 0.1) is 11.3 Å². The van der Waals surface area contributed by atoms with Crippen molar-refractivity contribution in [3.05, 3.63) is 65.7 Å². The zero-order valence-corrected chi connectivity index (χ0v) is 14.1. The maximum Gasteiger partial charge on any atom is 0.248 e. The van der Waals surface area contributed by atoms with Gasteiger partial charge in [-0.05, 0) is 55.2 Å². The fourth-order valence-corrected chi connectivity index (χ4v) is 3.00. The highest BCUT2D eigenvalue weighted by Gasteiger charge is 2.14. The second-order valence-electron chi connectivity index (χ2n) is 6.12. The Morgan fingerprint density at radius 3 is 2.48 bits per heavy atom. The average Bonchev–Trinajstić information content (AvgIpc) is 2.68. The maximum atomic E-state index is 12.3. The van der Waals surface area contributed by atoms with Crippen molar-refractivity contribution in [1.29, 1.82) is 5.26 Å². The molecular formula is C21H21N3O. The van der Waals surface area contributed by atoms with Crippen molar-refractivity contribution in [2.75, 3.05) is 23.3 Å². The summed E-state index contributed by atoms with van der Waals surface area (Å²) in [6.45, 7) is 2.07. The fourth-order valence-electron chi connectivity index (χ4n) is 3.00. The molecule has 4 nitrogen and oxygen atoms in total. The number of benzene rings is 2. The van der Waals surface area contributed by atoms with Crippen LogP contribution < -0.4 is 10.2 Å². The highest BCUT2D eigenvalue weighted by Crippen LogP contribution is 2.28. The molecule has 4 heteroatoms. The third-order valence-corrected chi connectivity index (χ3v) is 4.33. The van der Waals surface area contributed by atoms with Crippen LogP contribution in [0.3, 0.4) is 0 Å². The number of nitrogens with zero attached hydrogens (tertiary/aromatic N) is 2. The molecule has 0 unspecified atom stereocenters. The Labute approximate surface area is 148 Å². The van der Waals surface area contributed by atoms with Crippen molar-refractivity contribution in [2.24, 2.45) is 0 Å². The van der Waals surface area contributed by atoms with E-state index in [0.717, 1.165) is 30.0 Å². The normalized spacial score (nSPS) is 14.3. The van der Waals surface area contributed by atoms with Crippen LogP contribution in [0.2, 0.25) is 0 Å². The average molecular weight is 331 g/mol. The van der Waals surface area contributed by atoms with Crippen LogP contribution in [-0.4, -0.2) is 19.0 Å². The molecule has 1 saturated heterocycles. The summed E-state index contributed by atoms with van der Waals surface area (Å²) in [5.41, 5.74) is 3.43. The Morgan fingerprint density at radius 2 is 1.76 bits per heavy atom. The van der Waals surface area contributed by atoms with E-state index < -0.39 is 0 Å². The number of hydrogen-bond acceptors (Lipinski definition) is 3. The molecule has 1 fully saturated rings. The lowest BCUT2D eigenvalue weighted by Gasteiger charge is -2.30.